The molecule has 1 fully saturated rings. The average molecular weight is 244 g/mol. The van der Waals surface area contributed by atoms with E-state index >= 15 is 0 Å². The molecule has 4 unspecified atom stereocenters. The van der Waals surface area contributed by atoms with E-state index in [1.807, 2.05) is 6.92 Å². The first kappa shape index (κ1) is 12.5. The molecule has 0 amide bonds. The number of nitrogens with zero attached hydrogens (tertiary/aromatic N) is 2. The zero-order valence-electron chi connectivity index (χ0n) is 10.1. The Labute approximate surface area is 98.9 Å². The third-order valence-electron chi connectivity index (χ3n) is 3.44. The Bertz CT molecular complexity index is 419. The highest BCUT2D eigenvalue weighted by molar-refractivity contribution is 5.12. The normalized spacial score (nSPS) is 37.6. The van der Waals surface area contributed by atoms with Gasteiger partial charge in [-0.2, -0.15) is 0 Å². The van der Waals surface area contributed by atoms with Crippen LogP contribution < -0.4 is 0 Å². The van der Waals surface area contributed by atoms with Crippen molar-refractivity contribution in [1.29, 1.82) is 0 Å². The topological polar surface area (TPSA) is 67.5 Å². The van der Waals surface area contributed by atoms with Gasteiger partial charge in [0, 0.05) is 5.69 Å². The van der Waals surface area contributed by atoms with Crippen molar-refractivity contribution in [3.63, 3.8) is 0 Å². The van der Waals surface area contributed by atoms with E-state index in [1.54, 1.807) is 11.5 Å². The van der Waals surface area contributed by atoms with Gasteiger partial charge in [0.15, 0.2) is 11.9 Å². The molecule has 1 aromatic rings. The average Bonchev–Trinajstić information content (AvgIpc) is 2.70. The first-order chi connectivity index (χ1) is 7.89. The molecule has 0 spiro atoms. The molecule has 17 heavy (non-hydrogen) atoms. The number of rotatable bonds is 2. The van der Waals surface area contributed by atoms with Crippen LogP contribution in [0, 0.1) is 13.8 Å². The minimum absolute atomic E-state index is 0.413. The molecule has 0 aromatic carbocycles. The highest BCUT2D eigenvalue weighted by Gasteiger charge is 2.54. The number of aliphatic hydroxyl groups is 2. The molecule has 2 N–H and O–H groups in total. The standard InChI is InChI=1S/C11H17FN2O3/c1-6-7(2)14(5-13-6)10-11(3,12)9(16)8(4-15)17-10/h5,8-10,15-16H,4H2,1-3H3. The van der Waals surface area contributed by atoms with Crippen molar-refractivity contribution < 1.29 is 19.3 Å². The molecule has 4 atom stereocenters. The van der Waals surface area contributed by atoms with Gasteiger partial charge in [0.25, 0.3) is 0 Å². The molecule has 1 aliphatic heterocycles. The number of alkyl halides is 1. The van der Waals surface area contributed by atoms with Crippen LogP contribution in [-0.4, -0.2) is 44.2 Å². The second-order valence-corrected chi connectivity index (χ2v) is 4.63. The zero-order chi connectivity index (χ0) is 12.8. The number of aryl methyl sites for hydroxylation is 1. The van der Waals surface area contributed by atoms with Crippen LogP contribution in [0.3, 0.4) is 0 Å². The van der Waals surface area contributed by atoms with Gasteiger partial charge in [-0.3, -0.25) is 0 Å². The van der Waals surface area contributed by atoms with Gasteiger partial charge in [0.1, 0.15) is 12.2 Å². The molecule has 1 aliphatic rings. The first-order valence-corrected chi connectivity index (χ1v) is 5.53. The lowest BCUT2D eigenvalue weighted by Gasteiger charge is -2.25. The van der Waals surface area contributed by atoms with Crippen molar-refractivity contribution in [3.05, 3.63) is 17.7 Å². The van der Waals surface area contributed by atoms with Crippen molar-refractivity contribution in [3.8, 4) is 0 Å². The molecule has 96 valence electrons. The van der Waals surface area contributed by atoms with Crippen molar-refractivity contribution in [2.45, 2.75) is 44.9 Å². The van der Waals surface area contributed by atoms with Crippen molar-refractivity contribution >= 4 is 0 Å². The molecular weight excluding hydrogens is 227 g/mol. The van der Waals surface area contributed by atoms with Crippen LogP contribution in [0.25, 0.3) is 0 Å². The quantitative estimate of drug-likeness (QED) is 0.794. The minimum Gasteiger partial charge on any atom is -0.394 e. The summed E-state index contributed by atoms with van der Waals surface area (Å²) in [6.07, 6.45) is -1.73. The predicted octanol–water partition coefficient (Wildman–Crippen LogP) is 0.479. The smallest absolute Gasteiger partial charge is 0.181 e. The monoisotopic (exact) mass is 244 g/mol. The number of halogens is 1. The number of hydrogen-bond donors (Lipinski definition) is 2. The second-order valence-electron chi connectivity index (χ2n) is 4.63. The molecule has 0 aliphatic carbocycles. The largest absolute Gasteiger partial charge is 0.394 e. The first-order valence-electron chi connectivity index (χ1n) is 5.53. The fourth-order valence-corrected chi connectivity index (χ4v) is 2.12. The summed E-state index contributed by atoms with van der Waals surface area (Å²) < 4.78 is 21.4. The maximum atomic E-state index is 14.4. The lowest BCUT2D eigenvalue weighted by molar-refractivity contribution is -0.0595. The summed E-state index contributed by atoms with van der Waals surface area (Å²) in [4.78, 5) is 4.07. The third-order valence-corrected chi connectivity index (χ3v) is 3.44. The summed E-state index contributed by atoms with van der Waals surface area (Å²) >= 11 is 0. The molecule has 6 heteroatoms. The lowest BCUT2D eigenvalue weighted by atomic mass is 9.98. The Morgan fingerprint density at radius 2 is 2.24 bits per heavy atom. The van der Waals surface area contributed by atoms with Gasteiger partial charge in [0.05, 0.1) is 18.6 Å². The van der Waals surface area contributed by atoms with E-state index in [1.165, 1.54) is 13.3 Å². The molecule has 5 nitrogen and oxygen atoms in total. The van der Waals surface area contributed by atoms with E-state index in [2.05, 4.69) is 4.98 Å². The van der Waals surface area contributed by atoms with Gasteiger partial charge in [0.2, 0.25) is 0 Å². The SMILES string of the molecule is Cc1ncn(C2OC(CO)C(O)C2(C)F)c1C. The van der Waals surface area contributed by atoms with Gasteiger partial charge in [-0.15, -0.1) is 0 Å². The number of hydrogen-bond acceptors (Lipinski definition) is 4. The van der Waals surface area contributed by atoms with Crippen LogP contribution in [0.5, 0.6) is 0 Å². The summed E-state index contributed by atoms with van der Waals surface area (Å²) in [5.41, 5.74) is -0.387. The van der Waals surface area contributed by atoms with Crippen molar-refractivity contribution in [2.75, 3.05) is 6.61 Å². The van der Waals surface area contributed by atoms with Crippen LogP contribution in [0.1, 0.15) is 24.5 Å². The van der Waals surface area contributed by atoms with Crippen molar-refractivity contribution in [2.24, 2.45) is 0 Å². The second kappa shape index (κ2) is 4.04. The van der Waals surface area contributed by atoms with E-state index in [0.29, 0.717) is 0 Å². The number of ether oxygens (including phenoxy) is 1. The highest BCUT2D eigenvalue weighted by Crippen LogP contribution is 2.41. The van der Waals surface area contributed by atoms with Gasteiger partial charge in [-0.05, 0) is 20.8 Å². The molecule has 0 saturated carbocycles. The van der Waals surface area contributed by atoms with Gasteiger partial charge in [-0.1, -0.05) is 0 Å². The van der Waals surface area contributed by atoms with Crippen LogP contribution in [-0.2, 0) is 4.74 Å². The van der Waals surface area contributed by atoms with E-state index < -0.39 is 30.7 Å². The summed E-state index contributed by atoms with van der Waals surface area (Å²) in [6.45, 7) is 4.48. The molecule has 0 bridgehead atoms. The minimum atomic E-state index is -1.95. The molecule has 1 aromatic heterocycles. The number of imidazole rings is 1. The highest BCUT2D eigenvalue weighted by atomic mass is 19.1. The predicted molar refractivity (Wildman–Crippen MR) is 58.2 cm³/mol. The van der Waals surface area contributed by atoms with E-state index in [0.717, 1.165) is 11.4 Å². The van der Waals surface area contributed by atoms with Crippen molar-refractivity contribution in [1.82, 2.24) is 9.55 Å². The van der Waals surface area contributed by atoms with E-state index in [9.17, 15) is 9.50 Å². The van der Waals surface area contributed by atoms with Gasteiger partial charge in [-0.25, -0.2) is 9.37 Å². The van der Waals surface area contributed by atoms with E-state index in [4.69, 9.17) is 9.84 Å². The fourth-order valence-electron chi connectivity index (χ4n) is 2.12. The Hall–Kier alpha value is -0.980. The molecule has 1 saturated heterocycles. The Kier molecular flexibility index (Phi) is 2.97. The third kappa shape index (κ3) is 1.76. The molecule has 0 radical (unpaired) electrons. The zero-order valence-corrected chi connectivity index (χ0v) is 10.1. The summed E-state index contributed by atoms with van der Waals surface area (Å²) in [5.74, 6) is 0. The van der Waals surface area contributed by atoms with Crippen LogP contribution >= 0.6 is 0 Å². The fraction of sp³-hybridized carbons (Fsp3) is 0.727. The Balaban J connectivity index is 2.37. The van der Waals surface area contributed by atoms with Crippen LogP contribution in [0.2, 0.25) is 0 Å². The number of aromatic nitrogens is 2. The molecule has 2 heterocycles. The van der Waals surface area contributed by atoms with Gasteiger partial charge < -0.3 is 19.5 Å². The molecule has 2 rings (SSSR count). The Morgan fingerprint density at radius 3 is 2.65 bits per heavy atom. The summed E-state index contributed by atoms with van der Waals surface area (Å²) in [7, 11) is 0. The Morgan fingerprint density at radius 1 is 1.59 bits per heavy atom. The van der Waals surface area contributed by atoms with Crippen LogP contribution in [0.4, 0.5) is 4.39 Å². The maximum Gasteiger partial charge on any atom is 0.181 e. The summed E-state index contributed by atoms with van der Waals surface area (Å²) in [6, 6.07) is 0. The van der Waals surface area contributed by atoms with E-state index in [-0.39, 0.29) is 0 Å². The van der Waals surface area contributed by atoms with Gasteiger partial charge >= 0.3 is 0 Å². The maximum absolute atomic E-state index is 14.4. The summed E-state index contributed by atoms with van der Waals surface area (Å²) in [5, 5.41) is 18.8. The van der Waals surface area contributed by atoms with Crippen LogP contribution in [0.15, 0.2) is 6.33 Å². The lowest BCUT2D eigenvalue weighted by Crippen LogP contribution is -2.40. The molecular formula is C11H17FN2O3. The number of aliphatic hydroxyl groups excluding tert-OH is 2.